The van der Waals surface area contributed by atoms with Crippen molar-refractivity contribution in [1.29, 1.82) is 0 Å². The number of aliphatic hydroxyl groups excluding tert-OH is 1. The highest BCUT2D eigenvalue weighted by Gasteiger charge is 2.41. The van der Waals surface area contributed by atoms with Crippen LogP contribution in [0.4, 0.5) is 0 Å². The number of rotatable bonds is 8. The maximum atomic E-state index is 12.4. The van der Waals surface area contributed by atoms with Gasteiger partial charge in [0.15, 0.2) is 12.1 Å². The summed E-state index contributed by atoms with van der Waals surface area (Å²) in [5, 5.41) is 12.4. The molecular weight excluding hydrogens is 522 g/mol. The zero-order chi connectivity index (χ0) is 28.1. The molecule has 41 heavy (non-hydrogen) atoms. The molecule has 2 N–H and O–H groups in total. The molecule has 9 heteroatoms. The molecule has 3 aromatic rings. The first-order valence-corrected chi connectivity index (χ1v) is 14.4. The first kappa shape index (κ1) is 28.0. The quantitative estimate of drug-likeness (QED) is 0.429. The molecule has 0 radical (unpaired) electrons. The largest absolute Gasteiger partial charge is 0.392 e. The van der Waals surface area contributed by atoms with E-state index in [1.165, 1.54) is 0 Å². The third-order valence-electron chi connectivity index (χ3n) is 8.14. The highest BCUT2D eigenvalue weighted by Crippen LogP contribution is 2.39. The predicted octanol–water partition coefficient (Wildman–Crippen LogP) is 3.89. The van der Waals surface area contributed by atoms with E-state index in [1.54, 1.807) is 24.5 Å². The van der Waals surface area contributed by atoms with E-state index >= 15 is 0 Å². The van der Waals surface area contributed by atoms with Crippen LogP contribution in [0.15, 0.2) is 73.1 Å². The van der Waals surface area contributed by atoms with Gasteiger partial charge in [-0.3, -0.25) is 9.78 Å². The fourth-order valence-electron chi connectivity index (χ4n) is 5.76. The Hall–Kier alpha value is -3.18. The van der Waals surface area contributed by atoms with Crippen LogP contribution >= 0.6 is 0 Å². The SMILES string of the molecule is O=C(NCc1ccc([C@H]2O[C@@H](CN3CCC4(CC3)OCCO4)C[C@@H](c3ccc(CO)cc3)O2)cc1)c1cccnc1. The van der Waals surface area contributed by atoms with Crippen molar-refractivity contribution >= 4 is 5.91 Å². The first-order chi connectivity index (χ1) is 20.1. The summed E-state index contributed by atoms with van der Waals surface area (Å²) in [7, 11) is 0. The van der Waals surface area contributed by atoms with E-state index in [9.17, 15) is 9.90 Å². The normalized spacial score (nSPS) is 24.4. The Kier molecular flexibility index (Phi) is 8.71. The molecular formula is C32H37N3O6. The van der Waals surface area contributed by atoms with Crippen LogP contribution in [0.5, 0.6) is 0 Å². The number of likely N-dealkylation sites (tertiary alicyclic amines) is 1. The number of amides is 1. The summed E-state index contributed by atoms with van der Waals surface area (Å²) in [6, 6.07) is 19.4. The lowest BCUT2D eigenvalue weighted by molar-refractivity contribution is -0.255. The molecule has 9 nitrogen and oxygen atoms in total. The Morgan fingerprint density at radius 2 is 1.66 bits per heavy atom. The van der Waals surface area contributed by atoms with Crippen LogP contribution in [-0.4, -0.2) is 65.6 Å². The van der Waals surface area contributed by atoms with Gasteiger partial charge < -0.3 is 34.3 Å². The number of benzene rings is 2. The predicted molar refractivity (Wildman–Crippen MR) is 151 cm³/mol. The van der Waals surface area contributed by atoms with Gasteiger partial charge in [-0.25, -0.2) is 0 Å². The molecule has 4 heterocycles. The highest BCUT2D eigenvalue weighted by atomic mass is 16.7. The summed E-state index contributed by atoms with van der Waals surface area (Å²) in [5.41, 5.74) is 4.39. The van der Waals surface area contributed by atoms with Gasteiger partial charge in [0.25, 0.3) is 5.91 Å². The first-order valence-electron chi connectivity index (χ1n) is 14.4. The van der Waals surface area contributed by atoms with E-state index in [1.807, 2.05) is 48.5 Å². The number of carbonyl (C=O) groups excluding carboxylic acids is 1. The summed E-state index contributed by atoms with van der Waals surface area (Å²) >= 11 is 0. The van der Waals surface area contributed by atoms with Crippen LogP contribution in [0.3, 0.4) is 0 Å². The molecule has 3 saturated heterocycles. The van der Waals surface area contributed by atoms with E-state index in [4.69, 9.17) is 18.9 Å². The molecule has 1 aromatic heterocycles. The number of carbonyl (C=O) groups is 1. The lowest BCUT2D eigenvalue weighted by atomic mass is 9.98. The van der Waals surface area contributed by atoms with Gasteiger partial charge in [-0.2, -0.15) is 0 Å². The standard InChI is InChI=1S/C32H37N3O6/c36-22-24-5-7-25(8-6-24)29-18-28(21-35-14-11-32(12-15-35)38-16-17-39-32)40-31(41-29)26-9-3-23(4-10-26)19-34-30(37)27-2-1-13-33-20-27/h1-10,13,20,28-29,31,36H,11-12,14-19,21-22H2,(H,34,37)/t28-,29+,31+/m1/s1. The summed E-state index contributed by atoms with van der Waals surface area (Å²) in [5.74, 6) is -0.556. The number of aliphatic hydroxyl groups is 1. The van der Waals surface area contributed by atoms with Crippen molar-refractivity contribution in [1.82, 2.24) is 15.2 Å². The number of nitrogens with zero attached hydrogens (tertiary/aromatic N) is 2. The summed E-state index contributed by atoms with van der Waals surface area (Å²) in [6.07, 6.45) is 4.99. The second kappa shape index (κ2) is 12.8. The van der Waals surface area contributed by atoms with Crippen molar-refractivity contribution in [2.75, 3.05) is 32.8 Å². The van der Waals surface area contributed by atoms with Crippen LogP contribution in [0.2, 0.25) is 0 Å². The molecule has 0 bridgehead atoms. The van der Waals surface area contributed by atoms with E-state index in [0.29, 0.717) is 25.3 Å². The summed E-state index contributed by atoms with van der Waals surface area (Å²) in [4.78, 5) is 18.8. The van der Waals surface area contributed by atoms with Gasteiger partial charge in [0, 0.05) is 63.4 Å². The molecule has 6 rings (SSSR count). The van der Waals surface area contributed by atoms with Crippen molar-refractivity contribution in [3.63, 3.8) is 0 Å². The Bertz CT molecular complexity index is 1270. The third-order valence-corrected chi connectivity index (χ3v) is 8.14. The number of aromatic nitrogens is 1. The number of hydrogen-bond acceptors (Lipinski definition) is 8. The van der Waals surface area contributed by atoms with Gasteiger partial charge in [0.05, 0.1) is 37.6 Å². The van der Waals surface area contributed by atoms with Crippen molar-refractivity contribution < 1.29 is 28.8 Å². The average molecular weight is 560 g/mol. The van der Waals surface area contributed by atoms with Crippen LogP contribution in [-0.2, 0) is 32.1 Å². The second-order valence-corrected chi connectivity index (χ2v) is 10.9. The molecule has 3 aliphatic rings. The zero-order valence-corrected chi connectivity index (χ0v) is 23.1. The van der Waals surface area contributed by atoms with Gasteiger partial charge in [0.2, 0.25) is 0 Å². The van der Waals surface area contributed by atoms with E-state index in [-0.39, 0.29) is 24.7 Å². The van der Waals surface area contributed by atoms with Gasteiger partial charge in [0.1, 0.15) is 0 Å². The zero-order valence-electron chi connectivity index (χ0n) is 23.1. The van der Waals surface area contributed by atoms with E-state index < -0.39 is 12.1 Å². The molecule has 1 amide bonds. The van der Waals surface area contributed by atoms with Crippen LogP contribution in [0, 0.1) is 0 Å². The molecule has 2 aromatic carbocycles. The maximum Gasteiger partial charge on any atom is 0.253 e. The minimum Gasteiger partial charge on any atom is -0.392 e. The lowest BCUT2D eigenvalue weighted by Gasteiger charge is -2.41. The van der Waals surface area contributed by atoms with Gasteiger partial charge in [-0.05, 0) is 28.8 Å². The monoisotopic (exact) mass is 559 g/mol. The second-order valence-electron chi connectivity index (χ2n) is 10.9. The molecule has 1 spiro atoms. The lowest BCUT2D eigenvalue weighted by Crippen LogP contribution is -2.48. The fourth-order valence-corrected chi connectivity index (χ4v) is 5.76. The van der Waals surface area contributed by atoms with Crippen molar-refractivity contribution in [2.45, 2.75) is 56.7 Å². The number of pyridine rings is 1. The number of nitrogens with one attached hydrogen (secondary N) is 1. The minimum absolute atomic E-state index is 0.0130. The Balaban J connectivity index is 1.12. The topological polar surface area (TPSA) is 102 Å². The molecule has 0 aliphatic carbocycles. The highest BCUT2D eigenvalue weighted by molar-refractivity contribution is 5.93. The molecule has 3 aliphatic heterocycles. The Labute approximate surface area is 240 Å². The van der Waals surface area contributed by atoms with Gasteiger partial charge in [-0.15, -0.1) is 0 Å². The van der Waals surface area contributed by atoms with Crippen molar-refractivity contribution in [2.24, 2.45) is 0 Å². The van der Waals surface area contributed by atoms with Crippen LogP contribution in [0.25, 0.3) is 0 Å². The van der Waals surface area contributed by atoms with Crippen molar-refractivity contribution in [3.8, 4) is 0 Å². The fraction of sp³-hybridized carbons (Fsp3) is 0.438. The number of piperidine rings is 1. The average Bonchev–Trinajstić information content (AvgIpc) is 3.49. The van der Waals surface area contributed by atoms with Crippen LogP contribution < -0.4 is 5.32 Å². The molecule has 216 valence electrons. The maximum absolute atomic E-state index is 12.4. The van der Waals surface area contributed by atoms with Crippen LogP contribution in [0.1, 0.15) is 64.3 Å². The van der Waals surface area contributed by atoms with Gasteiger partial charge in [-0.1, -0.05) is 48.5 Å². The molecule has 0 saturated carbocycles. The Morgan fingerprint density at radius 3 is 2.34 bits per heavy atom. The molecule has 3 fully saturated rings. The third kappa shape index (κ3) is 6.83. The van der Waals surface area contributed by atoms with E-state index in [0.717, 1.165) is 61.2 Å². The van der Waals surface area contributed by atoms with Crippen molar-refractivity contribution in [3.05, 3.63) is 101 Å². The number of ether oxygens (including phenoxy) is 4. The number of hydrogen-bond donors (Lipinski definition) is 2. The minimum atomic E-state index is -0.520. The molecule has 0 unspecified atom stereocenters. The van der Waals surface area contributed by atoms with E-state index in [2.05, 4.69) is 15.2 Å². The van der Waals surface area contributed by atoms with Gasteiger partial charge >= 0.3 is 0 Å². The smallest absolute Gasteiger partial charge is 0.253 e. The summed E-state index contributed by atoms with van der Waals surface area (Å²) in [6.45, 7) is 4.39. The molecule has 3 atom stereocenters. The summed E-state index contributed by atoms with van der Waals surface area (Å²) < 4.78 is 24.9. The Morgan fingerprint density at radius 1 is 0.951 bits per heavy atom.